The summed E-state index contributed by atoms with van der Waals surface area (Å²) in [6.45, 7) is 1.89. The number of benzene rings is 4. The highest BCUT2D eigenvalue weighted by molar-refractivity contribution is 5.26. The Morgan fingerprint density at radius 2 is 0.812 bits per heavy atom. The normalized spacial score (nSPS) is 11.1. The molecule has 4 aromatic carbocycles. The van der Waals surface area contributed by atoms with Crippen LogP contribution in [-0.2, 0) is 0 Å². The quantitative estimate of drug-likeness (QED) is 0.263. The minimum absolute atomic E-state index is 0.306. The summed E-state index contributed by atoms with van der Waals surface area (Å²) in [5.41, 5.74) is 0. The zero-order valence-electron chi connectivity index (χ0n) is 18.0. The predicted octanol–water partition coefficient (Wildman–Crippen LogP) is 6.73. The molecule has 0 aliphatic rings. The van der Waals surface area contributed by atoms with Crippen molar-refractivity contribution in [2.24, 2.45) is 0 Å². The average Bonchev–Trinajstić information content (AvgIpc) is 2.81. The molecule has 0 spiro atoms. The zero-order chi connectivity index (χ0) is 22.1. The highest BCUT2D eigenvalue weighted by atomic mass is 16.7. The van der Waals surface area contributed by atoms with Gasteiger partial charge in [-0.15, -0.1) is 0 Å². The van der Waals surface area contributed by atoms with Gasteiger partial charge in [-0.05, 0) is 48.5 Å². The third-order valence-corrected chi connectivity index (χ3v) is 4.71. The van der Waals surface area contributed by atoms with E-state index in [1.54, 1.807) is 0 Å². The predicted molar refractivity (Wildman–Crippen MR) is 125 cm³/mol. The van der Waals surface area contributed by atoms with E-state index in [2.05, 4.69) is 0 Å². The first kappa shape index (κ1) is 21.3. The fourth-order valence-electron chi connectivity index (χ4n) is 3.29. The van der Waals surface area contributed by atoms with Gasteiger partial charge in [0.2, 0.25) is 6.29 Å². The van der Waals surface area contributed by atoms with E-state index in [-0.39, 0.29) is 0 Å². The lowest BCUT2D eigenvalue weighted by molar-refractivity contribution is -0.149. The Hall–Kier alpha value is -3.92. The third-order valence-electron chi connectivity index (χ3n) is 4.71. The molecule has 4 nitrogen and oxygen atoms in total. The highest BCUT2D eigenvalue weighted by Gasteiger charge is 2.35. The molecule has 0 fully saturated rings. The molecule has 0 amide bonds. The lowest BCUT2D eigenvalue weighted by Crippen LogP contribution is -2.45. The molecule has 32 heavy (non-hydrogen) atoms. The van der Waals surface area contributed by atoms with E-state index >= 15 is 0 Å². The van der Waals surface area contributed by atoms with E-state index in [1.807, 2.05) is 128 Å². The lowest BCUT2D eigenvalue weighted by atomic mass is 10.2. The summed E-state index contributed by atoms with van der Waals surface area (Å²) in [4.78, 5) is 0. The first-order valence-electron chi connectivity index (χ1n) is 10.6. The second kappa shape index (κ2) is 10.4. The average molecular weight is 427 g/mol. The van der Waals surface area contributed by atoms with Crippen LogP contribution >= 0.6 is 0 Å². The van der Waals surface area contributed by atoms with E-state index in [1.165, 1.54) is 0 Å². The van der Waals surface area contributed by atoms with Crippen LogP contribution in [-0.4, -0.2) is 12.1 Å². The molecule has 0 aliphatic heterocycles. The third kappa shape index (κ3) is 6.29. The van der Waals surface area contributed by atoms with Crippen LogP contribution in [0.3, 0.4) is 0 Å². The highest BCUT2D eigenvalue weighted by Crippen LogP contribution is 2.29. The Labute approximate surface area is 189 Å². The molecule has 4 heteroatoms. The summed E-state index contributed by atoms with van der Waals surface area (Å²) >= 11 is 0. The molecule has 0 saturated heterocycles. The zero-order valence-corrected chi connectivity index (χ0v) is 18.0. The molecule has 0 aliphatic carbocycles. The fraction of sp³-hybridized carbons (Fsp3) is 0.143. The van der Waals surface area contributed by atoms with Gasteiger partial charge in [0.15, 0.2) is 0 Å². The van der Waals surface area contributed by atoms with E-state index < -0.39 is 12.1 Å². The molecule has 4 rings (SSSR count). The topological polar surface area (TPSA) is 36.9 Å². The van der Waals surface area contributed by atoms with Crippen LogP contribution in [0.1, 0.15) is 13.3 Å². The van der Waals surface area contributed by atoms with Crippen molar-refractivity contribution in [1.82, 2.24) is 0 Å². The Balaban J connectivity index is 1.61. The van der Waals surface area contributed by atoms with Crippen molar-refractivity contribution in [2.75, 3.05) is 0 Å². The van der Waals surface area contributed by atoms with Gasteiger partial charge in [-0.25, -0.2) is 0 Å². The van der Waals surface area contributed by atoms with Crippen LogP contribution in [0.2, 0.25) is 0 Å². The maximum absolute atomic E-state index is 6.33. The van der Waals surface area contributed by atoms with Crippen LogP contribution in [0.15, 0.2) is 121 Å². The van der Waals surface area contributed by atoms with Gasteiger partial charge < -0.3 is 18.9 Å². The fourth-order valence-corrected chi connectivity index (χ4v) is 3.29. The molecule has 0 radical (unpaired) electrons. The largest absolute Gasteiger partial charge is 0.455 e. The van der Waals surface area contributed by atoms with E-state index in [0.29, 0.717) is 29.4 Å². The number of para-hydroxylation sites is 4. The van der Waals surface area contributed by atoms with Gasteiger partial charge in [0, 0.05) is 6.92 Å². The van der Waals surface area contributed by atoms with Crippen molar-refractivity contribution in [3.63, 3.8) is 0 Å². The van der Waals surface area contributed by atoms with Gasteiger partial charge in [-0.2, -0.15) is 0 Å². The van der Waals surface area contributed by atoms with Crippen molar-refractivity contribution in [2.45, 2.75) is 25.4 Å². The molecular weight excluding hydrogens is 400 g/mol. The monoisotopic (exact) mass is 426 g/mol. The van der Waals surface area contributed by atoms with E-state index in [9.17, 15) is 0 Å². The van der Waals surface area contributed by atoms with Crippen molar-refractivity contribution in [1.29, 1.82) is 0 Å². The van der Waals surface area contributed by atoms with Crippen molar-refractivity contribution in [3.05, 3.63) is 121 Å². The van der Waals surface area contributed by atoms with E-state index in [0.717, 1.165) is 0 Å². The standard InChI is InChI=1S/C28H26O4/c1-28(31-25-18-10-4-11-19-25,32-26-20-12-5-13-21-26)22-27(29-23-14-6-2-7-15-23)30-24-16-8-3-9-17-24/h2-21,27H,22H2,1H3. The number of hydrogen-bond donors (Lipinski definition) is 0. The van der Waals surface area contributed by atoms with Crippen molar-refractivity contribution >= 4 is 0 Å². The summed E-state index contributed by atoms with van der Waals surface area (Å²) in [5.74, 6) is 1.75. The van der Waals surface area contributed by atoms with Crippen LogP contribution in [0.5, 0.6) is 23.0 Å². The molecular formula is C28H26O4. The summed E-state index contributed by atoms with van der Waals surface area (Å²) in [6, 6.07) is 38.4. The molecule has 0 atom stereocenters. The molecule has 0 aromatic heterocycles. The second-order valence-electron chi connectivity index (χ2n) is 7.46. The molecule has 0 bridgehead atoms. The molecule has 0 saturated carbocycles. The SMILES string of the molecule is CC(CC(Oc1ccccc1)Oc1ccccc1)(Oc1ccccc1)Oc1ccccc1. The summed E-state index contributed by atoms with van der Waals surface area (Å²) in [6.07, 6.45) is -0.349. The van der Waals surface area contributed by atoms with Gasteiger partial charge in [0.1, 0.15) is 23.0 Å². The number of ether oxygens (including phenoxy) is 4. The van der Waals surface area contributed by atoms with Gasteiger partial charge in [0.05, 0.1) is 6.42 Å². The number of hydrogen-bond acceptors (Lipinski definition) is 4. The minimum atomic E-state index is -1.06. The first-order valence-corrected chi connectivity index (χ1v) is 10.6. The molecule has 0 N–H and O–H groups in total. The smallest absolute Gasteiger partial charge is 0.255 e. The van der Waals surface area contributed by atoms with Crippen LogP contribution < -0.4 is 18.9 Å². The van der Waals surface area contributed by atoms with Crippen molar-refractivity contribution < 1.29 is 18.9 Å². The Morgan fingerprint density at radius 1 is 0.500 bits per heavy atom. The van der Waals surface area contributed by atoms with Gasteiger partial charge >= 0.3 is 0 Å². The second-order valence-corrected chi connectivity index (χ2v) is 7.46. The maximum atomic E-state index is 6.33. The first-order chi connectivity index (χ1) is 15.7. The van der Waals surface area contributed by atoms with E-state index in [4.69, 9.17) is 18.9 Å². The van der Waals surface area contributed by atoms with Gasteiger partial charge in [-0.1, -0.05) is 72.8 Å². The van der Waals surface area contributed by atoms with Crippen LogP contribution in [0.25, 0.3) is 0 Å². The molecule has 4 aromatic rings. The Kier molecular flexibility index (Phi) is 6.93. The van der Waals surface area contributed by atoms with Crippen molar-refractivity contribution in [3.8, 4) is 23.0 Å². The Morgan fingerprint density at radius 3 is 1.16 bits per heavy atom. The number of rotatable bonds is 10. The van der Waals surface area contributed by atoms with Crippen LogP contribution in [0.4, 0.5) is 0 Å². The van der Waals surface area contributed by atoms with Gasteiger partial charge in [0.25, 0.3) is 5.79 Å². The minimum Gasteiger partial charge on any atom is -0.455 e. The molecule has 0 unspecified atom stereocenters. The Bertz CT molecular complexity index is 971. The maximum Gasteiger partial charge on any atom is 0.255 e. The summed E-state index contributed by atoms with van der Waals surface area (Å²) in [7, 11) is 0. The molecule has 162 valence electrons. The summed E-state index contributed by atoms with van der Waals surface area (Å²) < 4.78 is 25.1. The lowest BCUT2D eigenvalue weighted by Gasteiger charge is -2.34. The summed E-state index contributed by atoms with van der Waals surface area (Å²) in [5, 5.41) is 0. The molecule has 0 heterocycles. The van der Waals surface area contributed by atoms with Crippen LogP contribution in [0, 0.1) is 0 Å². The van der Waals surface area contributed by atoms with Gasteiger partial charge in [-0.3, -0.25) is 0 Å².